The molecule has 0 atom stereocenters. The minimum Gasteiger partial charge on any atom is -0.352 e. The highest BCUT2D eigenvalue weighted by Crippen LogP contribution is 2.18. The van der Waals surface area contributed by atoms with Gasteiger partial charge < -0.3 is 10.6 Å². The highest BCUT2D eigenvalue weighted by molar-refractivity contribution is 7.88. The Morgan fingerprint density at radius 1 is 1.17 bits per heavy atom. The minimum absolute atomic E-state index is 0.188. The number of nitrogens with zero attached hydrogens (tertiary/aromatic N) is 5. The largest absolute Gasteiger partial charge is 0.368 e. The Kier molecular flexibility index (Phi) is 5.79. The van der Waals surface area contributed by atoms with Gasteiger partial charge in [-0.25, -0.2) is 13.2 Å². The van der Waals surface area contributed by atoms with Crippen molar-refractivity contribution in [1.82, 2.24) is 29.4 Å². The van der Waals surface area contributed by atoms with Crippen molar-refractivity contribution >= 4 is 27.5 Å². The van der Waals surface area contributed by atoms with Crippen LogP contribution in [0.15, 0.2) is 29.1 Å². The first-order chi connectivity index (χ1) is 13.6. The number of likely N-dealkylation sites (N-methyl/N-ethyl adjacent to an activating group) is 1. The fourth-order valence-corrected chi connectivity index (χ4v) is 2.73. The van der Waals surface area contributed by atoms with Gasteiger partial charge in [-0.15, -0.1) is 0 Å². The fraction of sp³-hybridized carbons (Fsp3) is 0.438. The van der Waals surface area contributed by atoms with Gasteiger partial charge in [-0.05, 0) is 47.5 Å². The summed E-state index contributed by atoms with van der Waals surface area (Å²) in [6, 6.07) is 6.35. The van der Waals surface area contributed by atoms with E-state index in [4.69, 9.17) is 0 Å². The minimum atomic E-state index is -3.46. The molecule has 156 valence electrons. The van der Waals surface area contributed by atoms with Crippen LogP contribution in [0.4, 0.5) is 5.69 Å². The van der Waals surface area contributed by atoms with E-state index < -0.39 is 21.6 Å². The van der Waals surface area contributed by atoms with Gasteiger partial charge in [0.2, 0.25) is 21.8 Å². The van der Waals surface area contributed by atoms with Crippen LogP contribution in [0.1, 0.15) is 12.8 Å². The maximum Gasteiger partial charge on any atom is 0.368 e. The third kappa shape index (κ3) is 5.48. The number of nitrogens with one attached hydrogen (secondary N) is 2. The van der Waals surface area contributed by atoms with Crippen LogP contribution in [-0.2, 0) is 26.2 Å². The van der Waals surface area contributed by atoms with E-state index in [1.54, 1.807) is 24.3 Å². The Morgan fingerprint density at radius 3 is 2.41 bits per heavy atom. The zero-order valence-electron chi connectivity index (χ0n) is 15.9. The molecule has 2 amide bonds. The number of amides is 2. The van der Waals surface area contributed by atoms with Gasteiger partial charge in [0.15, 0.2) is 0 Å². The van der Waals surface area contributed by atoms with E-state index in [9.17, 15) is 22.8 Å². The Morgan fingerprint density at radius 2 is 1.83 bits per heavy atom. The standard InChI is InChI=1S/C16H21N7O5S/c1-21(29(2,27)28)9-14(24)17-12-5-7-13(8-6-12)23-16(26)22(19-20-23)10-15(25)18-11-3-4-11/h5-8,11H,3-4,9-10H2,1-2H3,(H,17,24)(H,18,25). The molecule has 0 spiro atoms. The van der Waals surface area contributed by atoms with E-state index >= 15 is 0 Å². The molecule has 2 aromatic rings. The van der Waals surface area contributed by atoms with Crippen LogP contribution >= 0.6 is 0 Å². The second-order valence-electron chi connectivity index (χ2n) is 6.79. The van der Waals surface area contributed by atoms with E-state index in [0.717, 1.165) is 32.8 Å². The number of carbonyl (C=O) groups is 2. The lowest BCUT2D eigenvalue weighted by molar-refractivity contribution is -0.122. The summed E-state index contributed by atoms with van der Waals surface area (Å²) in [6.45, 7) is -0.533. The summed E-state index contributed by atoms with van der Waals surface area (Å²) in [5, 5.41) is 12.8. The highest BCUT2D eigenvalue weighted by Gasteiger charge is 2.24. The van der Waals surface area contributed by atoms with Crippen molar-refractivity contribution in [3.63, 3.8) is 0 Å². The third-order valence-corrected chi connectivity index (χ3v) is 5.46. The molecule has 0 unspecified atom stereocenters. The normalized spacial score (nSPS) is 14.0. The number of carbonyl (C=O) groups excluding carboxylic acids is 2. The second-order valence-corrected chi connectivity index (χ2v) is 8.88. The van der Waals surface area contributed by atoms with Crippen molar-refractivity contribution in [3.8, 4) is 5.69 Å². The summed E-state index contributed by atoms with van der Waals surface area (Å²) >= 11 is 0. The van der Waals surface area contributed by atoms with Crippen molar-refractivity contribution < 1.29 is 18.0 Å². The summed E-state index contributed by atoms with van der Waals surface area (Å²) in [4.78, 5) is 36.1. The molecule has 0 saturated heterocycles. The number of hydrogen-bond donors (Lipinski definition) is 2. The van der Waals surface area contributed by atoms with Crippen LogP contribution in [0.25, 0.3) is 5.69 Å². The van der Waals surface area contributed by atoms with Gasteiger partial charge in [0.1, 0.15) is 6.54 Å². The summed E-state index contributed by atoms with van der Waals surface area (Å²) in [5.74, 6) is -0.797. The predicted octanol–water partition coefficient (Wildman–Crippen LogP) is -1.46. The summed E-state index contributed by atoms with van der Waals surface area (Å²) in [7, 11) is -2.15. The number of benzene rings is 1. The number of tetrazole rings is 1. The monoisotopic (exact) mass is 423 g/mol. The zero-order valence-corrected chi connectivity index (χ0v) is 16.7. The molecule has 1 fully saturated rings. The Bertz CT molecular complexity index is 1070. The molecule has 0 bridgehead atoms. The smallest absolute Gasteiger partial charge is 0.352 e. The van der Waals surface area contributed by atoms with Crippen LogP contribution < -0.4 is 16.3 Å². The topological polar surface area (TPSA) is 148 Å². The van der Waals surface area contributed by atoms with E-state index in [1.165, 1.54) is 7.05 Å². The van der Waals surface area contributed by atoms with Crippen LogP contribution in [0, 0.1) is 0 Å². The summed E-state index contributed by atoms with van der Waals surface area (Å²) < 4.78 is 25.6. The average Bonchev–Trinajstić information content (AvgIpc) is 3.37. The molecule has 1 aromatic carbocycles. The number of aromatic nitrogens is 4. The molecular formula is C16H21N7O5S. The second kappa shape index (κ2) is 8.13. The molecule has 1 heterocycles. The van der Waals surface area contributed by atoms with Gasteiger partial charge in [-0.3, -0.25) is 9.59 Å². The molecule has 1 aliphatic carbocycles. The first kappa shape index (κ1) is 20.7. The molecule has 29 heavy (non-hydrogen) atoms. The van der Waals surface area contributed by atoms with Gasteiger partial charge in [0.05, 0.1) is 18.5 Å². The van der Waals surface area contributed by atoms with Gasteiger partial charge in [-0.1, -0.05) is 0 Å². The molecule has 2 N–H and O–H groups in total. The van der Waals surface area contributed by atoms with Crippen LogP contribution in [-0.4, -0.2) is 70.2 Å². The summed E-state index contributed by atoms with van der Waals surface area (Å²) in [5.41, 5.74) is 0.252. The van der Waals surface area contributed by atoms with E-state index in [0.29, 0.717) is 11.4 Å². The number of hydrogen-bond acceptors (Lipinski definition) is 7. The molecule has 13 heteroatoms. The molecule has 1 aliphatic rings. The zero-order chi connectivity index (χ0) is 21.2. The first-order valence-electron chi connectivity index (χ1n) is 8.77. The number of anilines is 1. The maximum absolute atomic E-state index is 12.4. The quantitative estimate of drug-likeness (QED) is 0.527. The molecule has 0 aliphatic heterocycles. The Hall–Kier alpha value is -3.06. The first-order valence-corrected chi connectivity index (χ1v) is 10.6. The molecule has 12 nitrogen and oxygen atoms in total. The predicted molar refractivity (Wildman–Crippen MR) is 103 cm³/mol. The van der Waals surface area contributed by atoms with E-state index in [2.05, 4.69) is 21.1 Å². The molecule has 1 aromatic heterocycles. The van der Waals surface area contributed by atoms with Gasteiger partial charge in [0.25, 0.3) is 0 Å². The highest BCUT2D eigenvalue weighted by atomic mass is 32.2. The van der Waals surface area contributed by atoms with Crippen LogP contribution in [0.5, 0.6) is 0 Å². The van der Waals surface area contributed by atoms with Crippen molar-refractivity contribution in [3.05, 3.63) is 34.7 Å². The number of rotatable bonds is 8. The lowest BCUT2D eigenvalue weighted by Crippen LogP contribution is -2.34. The van der Waals surface area contributed by atoms with Crippen LogP contribution in [0.3, 0.4) is 0 Å². The van der Waals surface area contributed by atoms with Gasteiger partial charge in [-0.2, -0.15) is 13.7 Å². The Balaban J connectivity index is 1.63. The molecular weight excluding hydrogens is 402 g/mol. The van der Waals surface area contributed by atoms with E-state index in [-0.39, 0.29) is 25.0 Å². The number of sulfonamides is 1. The fourth-order valence-electron chi connectivity index (χ4n) is 2.38. The lowest BCUT2D eigenvalue weighted by Gasteiger charge is -2.13. The van der Waals surface area contributed by atoms with Crippen molar-refractivity contribution in [1.29, 1.82) is 0 Å². The molecule has 1 saturated carbocycles. The van der Waals surface area contributed by atoms with Crippen molar-refractivity contribution in [2.75, 3.05) is 25.2 Å². The lowest BCUT2D eigenvalue weighted by atomic mass is 10.3. The summed E-state index contributed by atoms with van der Waals surface area (Å²) in [6.07, 6.45) is 2.90. The Labute approximate surface area is 166 Å². The van der Waals surface area contributed by atoms with Gasteiger partial charge in [0, 0.05) is 18.8 Å². The van der Waals surface area contributed by atoms with Gasteiger partial charge >= 0.3 is 5.69 Å². The molecule has 0 radical (unpaired) electrons. The van der Waals surface area contributed by atoms with Crippen molar-refractivity contribution in [2.45, 2.75) is 25.4 Å². The van der Waals surface area contributed by atoms with Crippen molar-refractivity contribution in [2.24, 2.45) is 0 Å². The van der Waals surface area contributed by atoms with Crippen LogP contribution in [0.2, 0.25) is 0 Å². The van der Waals surface area contributed by atoms with E-state index in [1.807, 2.05) is 0 Å². The average molecular weight is 423 g/mol. The SMILES string of the molecule is CN(CC(=O)Nc1ccc(-n2nnn(CC(=O)NC3CC3)c2=O)cc1)S(C)(=O)=O. The molecule has 3 rings (SSSR count). The third-order valence-electron chi connectivity index (χ3n) is 4.20. The maximum atomic E-state index is 12.4.